The van der Waals surface area contributed by atoms with E-state index >= 15 is 0 Å². The molecule has 0 bridgehead atoms. The number of halogens is 1. The lowest BCUT2D eigenvalue weighted by atomic mass is 10.0. The van der Waals surface area contributed by atoms with E-state index in [2.05, 4.69) is 45.0 Å². The highest BCUT2D eigenvalue weighted by molar-refractivity contribution is 7.09. The first kappa shape index (κ1) is 22.0. The van der Waals surface area contributed by atoms with Crippen molar-refractivity contribution in [3.05, 3.63) is 50.9 Å². The van der Waals surface area contributed by atoms with Gasteiger partial charge in [0.1, 0.15) is 0 Å². The molecule has 0 radical (unpaired) electrons. The third kappa shape index (κ3) is 6.96. The second-order valence-corrected chi connectivity index (χ2v) is 8.47. The van der Waals surface area contributed by atoms with Gasteiger partial charge in [-0.2, -0.15) is 0 Å². The van der Waals surface area contributed by atoms with Crippen molar-refractivity contribution in [2.24, 2.45) is 4.99 Å². The first-order valence-corrected chi connectivity index (χ1v) is 11.4. The second kappa shape index (κ2) is 11.5. The first-order chi connectivity index (χ1) is 14.2. The summed E-state index contributed by atoms with van der Waals surface area (Å²) in [5, 5.41) is 10.8. The van der Waals surface area contributed by atoms with Crippen LogP contribution in [0.1, 0.15) is 29.2 Å². The summed E-state index contributed by atoms with van der Waals surface area (Å²) in [6.45, 7) is 9.77. The molecule has 0 amide bonds. The summed E-state index contributed by atoms with van der Waals surface area (Å²) in [4.78, 5) is 11.9. The smallest absolute Gasteiger partial charge is 0.191 e. The number of aliphatic imine (C=N–C) groups is 1. The molecule has 1 fully saturated rings. The van der Waals surface area contributed by atoms with Gasteiger partial charge in [0.2, 0.25) is 0 Å². The molecule has 8 heteroatoms. The molecule has 3 rings (SSSR count). The van der Waals surface area contributed by atoms with E-state index in [1.165, 1.54) is 5.56 Å². The number of hydrogen-bond donors (Lipinski definition) is 2. The van der Waals surface area contributed by atoms with E-state index in [0.717, 1.165) is 67.5 Å². The number of rotatable bonds is 8. The highest BCUT2D eigenvalue weighted by Crippen LogP contribution is 2.24. The maximum absolute atomic E-state index is 6.09. The Morgan fingerprint density at radius 2 is 2.03 bits per heavy atom. The second-order valence-electron chi connectivity index (χ2n) is 6.97. The number of benzene rings is 1. The lowest BCUT2D eigenvalue weighted by Gasteiger charge is -2.34. The summed E-state index contributed by atoms with van der Waals surface area (Å²) in [6, 6.07) is 8.31. The number of hydrogen-bond acceptors (Lipinski definition) is 5. The van der Waals surface area contributed by atoms with Crippen LogP contribution in [0.3, 0.4) is 0 Å². The van der Waals surface area contributed by atoms with Crippen LogP contribution in [0, 0.1) is 6.92 Å². The fourth-order valence-electron chi connectivity index (χ4n) is 3.36. The monoisotopic (exact) mass is 435 g/mol. The molecule has 2 heterocycles. The molecular weight excluding hydrogens is 406 g/mol. The molecule has 1 atom stereocenters. The zero-order chi connectivity index (χ0) is 20.5. The van der Waals surface area contributed by atoms with Crippen LogP contribution in [-0.4, -0.2) is 61.8 Å². The molecule has 1 saturated heterocycles. The van der Waals surface area contributed by atoms with Gasteiger partial charge in [-0.05, 0) is 31.5 Å². The minimum atomic E-state index is 0.202. The van der Waals surface area contributed by atoms with E-state index in [1.807, 2.05) is 19.1 Å². The molecular formula is C21H30ClN5OS. The molecule has 1 aliphatic heterocycles. The Morgan fingerprint density at radius 1 is 1.28 bits per heavy atom. The van der Waals surface area contributed by atoms with Crippen LogP contribution >= 0.6 is 22.9 Å². The zero-order valence-electron chi connectivity index (χ0n) is 17.2. The van der Waals surface area contributed by atoms with E-state index in [0.29, 0.717) is 6.54 Å². The predicted octanol–water partition coefficient (Wildman–Crippen LogP) is 3.28. The van der Waals surface area contributed by atoms with Crippen LogP contribution in [0.4, 0.5) is 0 Å². The minimum absolute atomic E-state index is 0.202. The summed E-state index contributed by atoms with van der Waals surface area (Å²) >= 11 is 7.79. The van der Waals surface area contributed by atoms with Crippen molar-refractivity contribution in [2.45, 2.75) is 26.3 Å². The highest BCUT2D eigenvalue weighted by atomic mass is 35.5. The maximum atomic E-state index is 6.09. The van der Waals surface area contributed by atoms with Crippen molar-refractivity contribution in [3.8, 4) is 0 Å². The summed E-state index contributed by atoms with van der Waals surface area (Å²) in [5.74, 6) is 0.840. The number of nitrogens with one attached hydrogen (secondary N) is 2. The summed E-state index contributed by atoms with van der Waals surface area (Å²) in [6.07, 6.45) is 0.888. The molecule has 2 aromatic rings. The van der Waals surface area contributed by atoms with Crippen LogP contribution in [0.25, 0.3) is 0 Å². The largest absolute Gasteiger partial charge is 0.379 e. The van der Waals surface area contributed by atoms with E-state index < -0.39 is 0 Å². The number of aryl methyl sites for hydroxylation is 1. The molecule has 1 aromatic heterocycles. The van der Waals surface area contributed by atoms with Gasteiger partial charge in [0.15, 0.2) is 5.96 Å². The quantitative estimate of drug-likeness (QED) is 0.492. The van der Waals surface area contributed by atoms with Gasteiger partial charge >= 0.3 is 0 Å². The fraction of sp³-hybridized carbons (Fsp3) is 0.524. The maximum Gasteiger partial charge on any atom is 0.191 e. The van der Waals surface area contributed by atoms with Gasteiger partial charge in [0, 0.05) is 43.0 Å². The van der Waals surface area contributed by atoms with Crippen LogP contribution in [-0.2, 0) is 11.2 Å². The number of aromatic nitrogens is 1. The normalized spacial score (nSPS) is 16.6. The molecule has 2 N–H and O–H groups in total. The van der Waals surface area contributed by atoms with Gasteiger partial charge in [0.25, 0.3) is 0 Å². The molecule has 0 saturated carbocycles. The molecule has 158 valence electrons. The van der Waals surface area contributed by atoms with E-state index in [9.17, 15) is 0 Å². The van der Waals surface area contributed by atoms with Gasteiger partial charge in [-0.25, -0.2) is 4.98 Å². The van der Waals surface area contributed by atoms with Crippen LogP contribution in [0.5, 0.6) is 0 Å². The standard InChI is InChI=1S/C21H30ClN5OS/c1-3-23-21(24-9-8-19-15-29-16(2)26-19)25-14-20(27-10-12-28-13-11-27)17-4-6-18(22)7-5-17/h4-7,15,20H,3,8-14H2,1-2H3,(H2,23,24,25). The highest BCUT2D eigenvalue weighted by Gasteiger charge is 2.22. The van der Waals surface area contributed by atoms with Gasteiger partial charge < -0.3 is 15.4 Å². The fourth-order valence-corrected chi connectivity index (χ4v) is 4.13. The predicted molar refractivity (Wildman–Crippen MR) is 121 cm³/mol. The summed E-state index contributed by atoms with van der Waals surface area (Å²) < 4.78 is 5.54. The molecule has 6 nitrogen and oxygen atoms in total. The van der Waals surface area contributed by atoms with E-state index in [-0.39, 0.29) is 6.04 Å². The molecule has 29 heavy (non-hydrogen) atoms. The SMILES string of the molecule is CCNC(=NCC(c1ccc(Cl)cc1)N1CCOCC1)NCCc1csc(C)n1. The molecule has 1 aromatic carbocycles. The van der Waals surface area contributed by atoms with Crippen molar-refractivity contribution in [1.29, 1.82) is 0 Å². The lowest BCUT2D eigenvalue weighted by molar-refractivity contribution is 0.0180. The molecule has 0 aliphatic carbocycles. The number of ether oxygens (including phenoxy) is 1. The first-order valence-electron chi connectivity index (χ1n) is 10.2. The van der Waals surface area contributed by atoms with Gasteiger partial charge in [-0.3, -0.25) is 9.89 Å². The zero-order valence-corrected chi connectivity index (χ0v) is 18.7. The van der Waals surface area contributed by atoms with Gasteiger partial charge in [-0.1, -0.05) is 23.7 Å². The van der Waals surface area contributed by atoms with E-state index in [4.69, 9.17) is 21.3 Å². The third-order valence-electron chi connectivity index (χ3n) is 4.85. The Kier molecular flexibility index (Phi) is 8.73. The Bertz CT molecular complexity index is 774. The summed E-state index contributed by atoms with van der Waals surface area (Å²) in [7, 11) is 0. The average Bonchev–Trinajstić information content (AvgIpc) is 3.15. The topological polar surface area (TPSA) is 61.8 Å². The molecule has 1 unspecified atom stereocenters. The van der Waals surface area contributed by atoms with Crippen molar-refractivity contribution < 1.29 is 4.74 Å². The number of guanidine groups is 1. The summed E-state index contributed by atoms with van der Waals surface area (Å²) in [5.41, 5.74) is 2.36. The Morgan fingerprint density at radius 3 is 2.69 bits per heavy atom. The molecule has 1 aliphatic rings. The van der Waals surface area contributed by atoms with Gasteiger partial charge in [-0.15, -0.1) is 11.3 Å². The average molecular weight is 436 g/mol. The Labute approximate surface area is 182 Å². The number of morpholine rings is 1. The van der Waals surface area contributed by atoms with E-state index in [1.54, 1.807) is 11.3 Å². The third-order valence-corrected chi connectivity index (χ3v) is 5.92. The number of nitrogens with zero attached hydrogens (tertiary/aromatic N) is 3. The van der Waals surface area contributed by atoms with Gasteiger partial charge in [0.05, 0.1) is 36.5 Å². The van der Waals surface area contributed by atoms with Crippen LogP contribution in [0.2, 0.25) is 5.02 Å². The minimum Gasteiger partial charge on any atom is -0.379 e. The van der Waals surface area contributed by atoms with Crippen molar-refractivity contribution in [3.63, 3.8) is 0 Å². The number of thiazole rings is 1. The molecule has 0 spiro atoms. The van der Waals surface area contributed by atoms with Crippen LogP contribution < -0.4 is 10.6 Å². The lowest BCUT2D eigenvalue weighted by Crippen LogP contribution is -2.42. The Balaban J connectivity index is 1.65. The Hall–Kier alpha value is -1.67. The van der Waals surface area contributed by atoms with Crippen LogP contribution in [0.15, 0.2) is 34.6 Å². The van der Waals surface area contributed by atoms with Crippen molar-refractivity contribution in [2.75, 3.05) is 45.9 Å². The van der Waals surface area contributed by atoms with Crippen molar-refractivity contribution >= 4 is 28.9 Å². The van der Waals surface area contributed by atoms with Crippen molar-refractivity contribution in [1.82, 2.24) is 20.5 Å².